The minimum atomic E-state index is 0.0684. The zero-order chi connectivity index (χ0) is 17.8. The maximum atomic E-state index is 12.7. The Bertz CT molecular complexity index is 816. The zero-order valence-electron chi connectivity index (χ0n) is 14.2. The summed E-state index contributed by atoms with van der Waals surface area (Å²) >= 11 is 3.04. The van der Waals surface area contributed by atoms with Crippen LogP contribution in [0.2, 0.25) is 0 Å². The third kappa shape index (κ3) is 3.97. The maximum absolute atomic E-state index is 12.7. The van der Waals surface area contributed by atoms with Crippen molar-refractivity contribution in [2.75, 3.05) is 13.4 Å². The number of methoxy groups -OCH3 is 1. The molecule has 5 heteroatoms. The summed E-state index contributed by atoms with van der Waals surface area (Å²) in [5, 5.41) is 11.5. The van der Waals surface area contributed by atoms with Crippen molar-refractivity contribution in [3.05, 3.63) is 57.1 Å². The van der Waals surface area contributed by atoms with Crippen molar-refractivity contribution in [3.63, 3.8) is 0 Å². The molecule has 2 aromatic rings. The van der Waals surface area contributed by atoms with Crippen molar-refractivity contribution in [1.82, 2.24) is 0 Å². The Balaban J connectivity index is 1.70. The average molecular weight is 370 g/mol. The number of rotatable bonds is 7. The molecule has 0 radical (unpaired) electrons. The summed E-state index contributed by atoms with van der Waals surface area (Å²) in [6.07, 6.45) is 3.18. The lowest BCUT2D eigenvalue weighted by Gasteiger charge is -2.07. The zero-order valence-corrected chi connectivity index (χ0v) is 15.8. The normalized spacial score (nSPS) is 19.7. The number of hydrogen-bond donors (Lipinski definition) is 0. The van der Waals surface area contributed by atoms with Gasteiger partial charge < -0.3 is 4.74 Å². The lowest BCUT2D eigenvalue weighted by molar-refractivity contribution is -0.119. The Morgan fingerprint density at radius 3 is 2.68 bits per heavy atom. The van der Waals surface area contributed by atoms with E-state index in [0.29, 0.717) is 17.9 Å². The number of allylic oxidation sites excluding steroid dienone is 2. The molecule has 1 aromatic heterocycles. The van der Waals surface area contributed by atoms with Gasteiger partial charge in [-0.2, -0.15) is 5.26 Å². The summed E-state index contributed by atoms with van der Waals surface area (Å²) in [6, 6.07) is 14.1. The average Bonchev–Trinajstić information content (AvgIpc) is 3.28. The minimum Gasteiger partial charge on any atom is -0.497 e. The highest BCUT2D eigenvalue weighted by molar-refractivity contribution is 8.02. The van der Waals surface area contributed by atoms with Gasteiger partial charge in [0.2, 0.25) is 0 Å². The molecule has 3 rings (SSSR count). The third-order valence-electron chi connectivity index (χ3n) is 4.49. The summed E-state index contributed by atoms with van der Waals surface area (Å²) in [6.45, 7) is 0. The Labute approximate surface area is 156 Å². The molecule has 0 N–H and O–H groups in total. The molecule has 0 bridgehead atoms. The maximum Gasteiger partial charge on any atom is 0.141 e. The van der Waals surface area contributed by atoms with Crippen LogP contribution in [0.3, 0.4) is 0 Å². The van der Waals surface area contributed by atoms with Crippen molar-refractivity contribution < 1.29 is 9.53 Å². The second kappa shape index (κ2) is 7.90. The van der Waals surface area contributed by atoms with Crippen LogP contribution in [0.25, 0.3) is 5.57 Å². The van der Waals surface area contributed by atoms with Crippen LogP contribution in [-0.4, -0.2) is 19.1 Å². The van der Waals surface area contributed by atoms with Crippen molar-refractivity contribution >= 4 is 34.5 Å². The number of ketones is 1. The van der Waals surface area contributed by atoms with Gasteiger partial charge in [0, 0.05) is 22.1 Å². The van der Waals surface area contributed by atoms with Gasteiger partial charge in [0.25, 0.3) is 0 Å². The molecular formula is C20H19NO2S2. The van der Waals surface area contributed by atoms with E-state index in [-0.39, 0.29) is 11.7 Å². The van der Waals surface area contributed by atoms with Gasteiger partial charge in [-0.3, -0.25) is 4.79 Å². The second-order valence-corrected chi connectivity index (χ2v) is 7.81. The van der Waals surface area contributed by atoms with Gasteiger partial charge in [-0.05, 0) is 47.7 Å². The fourth-order valence-electron chi connectivity index (χ4n) is 3.00. The van der Waals surface area contributed by atoms with E-state index in [2.05, 4.69) is 6.07 Å². The van der Waals surface area contributed by atoms with E-state index in [9.17, 15) is 10.1 Å². The molecule has 1 aromatic carbocycles. The van der Waals surface area contributed by atoms with Gasteiger partial charge >= 0.3 is 0 Å². The smallest absolute Gasteiger partial charge is 0.141 e. The van der Waals surface area contributed by atoms with Crippen LogP contribution in [0.5, 0.6) is 5.75 Å². The second-order valence-electron chi connectivity index (χ2n) is 5.96. The number of thioether (sulfide) groups is 1. The standard InChI is InChI=1S/C20H19NO2S2/c1-23-14-7-5-13(6-8-14)15-10-16(15)18(22)11-20(24-2)17(12-21)19-4-3-9-25-19/h3-9,15-16H,10-11H2,1-2H3/b20-17-/t15-,16+/m0/s1. The van der Waals surface area contributed by atoms with E-state index in [4.69, 9.17) is 4.74 Å². The first-order valence-electron chi connectivity index (χ1n) is 8.05. The van der Waals surface area contributed by atoms with Crippen LogP contribution >= 0.6 is 23.1 Å². The largest absolute Gasteiger partial charge is 0.497 e. The highest BCUT2D eigenvalue weighted by atomic mass is 32.2. The molecule has 1 aliphatic carbocycles. The number of thiophene rings is 1. The van der Waals surface area contributed by atoms with Crippen molar-refractivity contribution in [1.29, 1.82) is 5.26 Å². The molecular weight excluding hydrogens is 350 g/mol. The molecule has 25 heavy (non-hydrogen) atoms. The number of nitrogens with zero attached hydrogens (tertiary/aromatic N) is 1. The molecule has 1 aliphatic rings. The fourth-order valence-corrected chi connectivity index (χ4v) is 4.46. The monoisotopic (exact) mass is 369 g/mol. The fraction of sp³-hybridized carbons (Fsp3) is 0.300. The number of carbonyl (C=O) groups is 1. The first-order valence-corrected chi connectivity index (χ1v) is 10.2. The lowest BCUT2D eigenvalue weighted by atomic mass is 10.0. The molecule has 0 spiro atoms. The Kier molecular flexibility index (Phi) is 5.62. The molecule has 1 fully saturated rings. The number of ether oxygens (including phenoxy) is 1. The molecule has 1 heterocycles. The van der Waals surface area contributed by atoms with Crippen LogP contribution in [-0.2, 0) is 4.79 Å². The SMILES string of the molecule is COc1ccc([C@@H]2C[C@H]2C(=O)C/C(SC)=C(\C#N)c2cccs2)cc1. The predicted molar refractivity (Wildman–Crippen MR) is 104 cm³/mol. The molecule has 0 aliphatic heterocycles. The molecule has 3 nitrogen and oxygen atoms in total. The summed E-state index contributed by atoms with van der Waals surface area (Å²) in [4.78, 5) is 14.5. The van der Waals surface area contributed by atoms with Crippen molar-refractivity contribution in [2.24, 2.45) is 5.92 Å². The van der Waals surface area contributed by atoms with Gasteiger partial charge in [0.1, 0.15) is 17.6 Å². The van der Waals surface area contributed by atoms with Gasteiger partial charge in [-0.15, -0.1) is 23.1 Å². The van der Waals surface area contributed by atoms with Crippen molar-refractivity contribution in [3.8, 4) is 11.8 Å². The van der Waals surface area contributed by atoms with E-state index in [1.54, 1.807) is 7.11 Å². The summed E-state index contributed by atoms with van der Waals surface area (Å²) in [5.74, 6) is 1.43. The Morgan fingerprint density at radius 1 is 1.36 bits per heavy atom. The quantitative estimate of drug-likeness (QED) is 0.636. The predicted octanol–water partition coefficient (Wildman–Crippen LogP) is 5.12. The molecule has 1 saturated carbocycles. The first-order chi connectivity index (χ1) is 12.2. The van der Waals surface area contributed by atoms with E-state index < -0.39 is 0 Å². The van der Waals surface area contributed by atoms with Gasteiger partial charge in [-0.25, -0.2) is 0 Å². The van der Waals surface area contributed by atoms with Crippen LogP contribution in [0, 0.1) is 17.2 Å². The van der Waals surface area contributed by atoms with Crippen LogP contribution in [0.15, 0.2) is 46.7 Å². The topological polar surface area (TPSA) is 50.1 Å². The third-order valence-corrected chi connectivity index (χ3v) is 6.22. The Hall–Kier alpha value is -2.03. The van der Waals surface area contributed by atoms with E-state index in [0.717, 1.165) is 22.0 Å². The molecule has 0 amide bonds. The number of Topliss-reactive ketones (excluding diaryl/α,β-unsaturated/α-hetero) is 1. The molecule has 0 saturated heterocycles. The van der Waals surface area contributed by atoms with Crippen LogP contribution in [0.4, 0.5) is 0 Å². The highest BCUT2D eigenvalue weighted by Gasteiger charge is 2.43. The lowest BCUT2D eigenvalue weighted by Crippen LogP contribution is -2.04. The van der Waals surface area contributed by atoms with Gasteiger partial charge in [0.05, 0.1) is 12.7 Å². The van der Waals surface area contributed by atoms with Crippen LogP contribution in [0.1, 0.15) is 29.2 Å². The van der Waals surface area contributed by atoms with E-state index >= 15 is 0 Å². The number of benzene rings is 1. The summed E-state index contributed by atoms with van der Waals surface area (Å²) in [7, 11) is 1.65. The highest BCUT2D eigenvalue weighted by Crippen LogP contribution is 2.49. The number of nitriles is 1. The van der Waals surface area contributed by atoms with Gasteiger partial charge in [-0.1, -0.05) is 18.2 Å². The molecule has 128 valence electrons. The first kappa shape index (κ1) is 17.8. The van der Waals surface area contributed by atoms with Crippen LogP contribution < -0.4 is 4.74 Å². The summed E-state index contributed by atoms with van der Waals surface area (Å²) < 4.78 is 5.18. The number of carbonyl (C=O) groups excluding carboxylic acids is 1. The summed E-state index contributed by atoms with van der Waals surface area (Å²) in [5.41, 5.74) is 1.82. The van der Waals surface area contributed by atoms with E-state index in [1.165, 1.54) is 28.7 Å². The molecule has 2 atom stereocenters. The van der Waals surface area contributed by atoms with Gasteiger partial charge in [0.15, 0.2) is 0 Å². The minimum absolute atomic E-state index is 0.0684. The molecule has 0 unspecified atom stereocenters. The van der Waals surface area contributed by atoms with E-state index in [1.807, 2.05) is 48.0 Å². The Morgan fingerprint density at radius 2 is 2.12 bits per heavy atom. The van der Waals surface area contributed by atoms with Crippen molar-refractivity contribution in [2.45, 2.75) is 18.8 Å². The number of hydrogen-bond acceptors (Lipinski definition) is 5.